The first-order chi connectivity index (χ1) is 14.4. The van der Waals surface area contributed by atoms with E-state index < -0.39 is 17.5 Å². The lowest BCUT2D eigenvalue weighted by atomic mass is 9.79. The quantitative estimate of drug-likeness (QED) is 0.558. The van der Waals surface area contributed by atoms with Crippen LogP contribution >= 0.6 is 0 Å². The van der Waals surface area contributed by atoms with Crippen molar-refractivity contribution in [3.63, 3.8) is 0 Å². The normalized spacial score (nSPS) is 32.9. The third-order valence-electron chi connectivity index (χ3n) is 6.43. The molecule has 0 bridgehead atoms. The van der Waals surface area contributed by atoms with Gasteiger partial charge in [0.25, 0.3) is 0 Å². The summed E-state index contributed by atoms with van der Waals surface area (Å²) in [5, 5.41) is 30.0. The molecule has 0 aromatic carbocycles. The number of allylic oxidation sites excluding steroid dienone is 2. The SMILES string of the molecule is CC(=CC1CC(C)=CC2(C=C(CO)C3CC(=O)C(C)=CC3O2)O1)CCC(O)C(C)(C)O. The van der Waals surface area contributed by atoms with Crippen molar-refractivity contribution in [1.82, 2.24) is 0 Å². The minimum Gasteiger partial charge on any atom is -0.392 e. The van der Waals surface area contributed by atoms with Crippen LogP contribution in [0.25, 0.3) is 0 Å². The minimum absolute atomic E-state index is 0.0844. The maximum atomic E-state index is 12.2. The van der Waals surface area contributed by atoms with E-state index >= 15 is 0 Å². The van der Waals surface area contributed by atoms with Crippen molar-refractivity contribution in [2.45, 2.75) is 90.0 Å². The largest absolute Gasteiger partial charge is 0.392 e. The lowest BCUT2D eigenvalue weighted by Gasteiger charge is -2.45. The van der Waals surface area contributed by atoms with Gasteiger partial charge in [0.1, 0.15) is 0 Å². The summed E-state index contributed by atoms with van der Waals surface area (Å²) in [6.45, 7) is 8.89. The molecular weight excluding hydrogens is 396 g/mol. The number of aliphatic hydroxyl groups is 3. The van der Waals surface area contributed by atoms with Crippen LogP contribution in [0.15, 0.2) is 46.6 Å². The average Bonchev–Trinajstić information content (AvgIpc) is 2.65. The number of hydrogen-bond donors (Lipinski definition) is 3. The first-order valence-corrected chi connectivity index (χ1v) is 11.1. The first kappa shape index (κ1) is 24.1. The van der Waals surface area contributed by atoms with E-state index in [4.69, 9.17) is 9.47 Å². The highest BCUT2D eigenvalue weighted by Gasteiger charge is 2.45. The zero-order valence-corrected chi connectivity index (χ0v) is 19.2. The highest BCUT2D eigenvalue weighted by atomic mass is 16.7. The molecule has 5 unspecified atom stereocenters. The van der Waals surface area contributed by atoms with Crippen LogP contribution in [0, 0.1) is 5.92 Å². The molecule has 1 aliphatic carbocycles. The van der Waals surface area contributed by atoms with E-state index in [0.29, 0.717) is 24.8 Å². The Balaban J connectivity index is 1.79. The van der Waals surface area contributed by atoms with Crippen molar-refractivity contribution in [3.8, 4) is 0 Å². The van der Waals surface area contributed by atoms with E-state index in [9.17, 15) is 20.1 Å². The molecule has 5 atom stereocenters. The van der Waals surface area contributed by atoms with Crippen molar-refractivity contribution in [1.29, 1.82) is 0 Å². The molecule has 6 heteroatoms. The van der Waals surface area contributed by atoms with Crippen molar-refractivity contribution < 1.29 is 29.6 Å². The second-order valence-corrected chi connectivity index (χ2v) is 9.84. The fraction of sp³-hybridized carbons (Fsp3) is 0.640. The van der Waals surface area contributed by atoms with E-state index in [0.717, 1.165) is 23.1 Å². The fourth-order valence-corrected chi connectivity index (χ4v) is 4.55. The molecule has 0 saturated heterocycles. The molecule has 3 N–H and O–H groups in total. The number of Topliss-reactive ketones (excluding diaryl/α,β-unsaturated/α-hetero) is 1. The Kier molecular flexibility index (Phi) is 7.08. The summed E-state index contributed by atoms with van der Waals surface area (Å²) in [6.07, 6.45) is 8.51. The van der Waals surface area contributed by atoms with Crippen LogP contribution in [0.5, 0.6) is 0 Å². The standard InChI is InChI=1S/C25H36O6/c1-15(6-7-23(28)24(4,5)29)8-19-9-16(2)12-25(30-19)13-18(14-26)20-11-21(27)17(3)10-22(20)31-25/h8,10,12-13,19-20,22-23,26,28-29H,6-7,9,11,14H2,1-5H3. The molecule has 2 heterocycles. The third kappa shape index (κ3) is 5.62. The van der Waals surface area contributed by atoms with Gasteiger partial charge in [0.15, 0.2) is 5.78 Å². The lowest BCUT2D eigenvalue weighted by Crippen LogP contribution is -2.49. The molecule has 3 rings (SSSR count). The molecule has 0 amide bonds. The average molecular weight is 433 g/mol. The van der Waals surface area contributed by atoms with E-state index in [1.165, 1.54) is 0 Å². The lowest BCUT2D eigenvalue weighted by molar-refractivity contribution is -0.224. The van der Waals surface area contributed by atoms with Crippen molar-refractivity contribution in [2.24, 2.45) is 5.92 Å². The van der Waals surface area contributed by atoms with E-state index in [1.54, 1.807) is 20.8 Å². The molecule has 1 spiro atoms. The van der Waals surface area contributed by atoms with Gasteiger partial charge < -0.3 is 24.8 Å². The van der Waals surface area contributed by atoms with E-state index in [2.05, 4.69) is 0 Å². The number of carbonyl (C=O) groups is 1. The predicted molar refractivity (Wildman–Crippen MR) is 118 cm³/mol. The molecule has 172 valence electrons. The molecule has 0 aromatic heterocycles. The first-order valence-electron chi connectivity index (χ1n) is 11.1. The van der Waals surface area contributed by atoms with Crippen LogP contribution in [0.3, 0.4) is 0 Å². The van der Waals surface area contributed by atoms with Gasteiger partial charge in [-0.05, 0) is 83.3 Å². The molecule has 3 aliphatic rings. The van der Waals surface area contributed by atoms with E-state index in [-0.39, 0.29) is 30.5 Å². The van der Waals surface area contributed by atoms with Gasteiger partial charge in [0, 0.05) is 12.3 Å². The zero-order chi connectivity index (χ0) is 23.0. The Morgan fingerprint density at radius 2 is 2.00 bits per heavy atom. The van der Waals surface area contributed by atoms with Gasteiger partial charge >= 0.3 is 0 Å². The van der Waals surface area contributed by atoms with E-state index in [1.807, 2.05) is 38.2 Å². The molecule has 0 fully saturated rings. The number of ether oxygens (including phenoxy) is 2. The van der Waals surface area contributed by atoms with Gasteiger partial charge in [-0.2, -0.15) is 0 Å². The smallest absolute Gasteiger partial charge is 0.209 e. The molecule has 0 radical (unpaired) electrons. The van der Waals surface area contributed by atoms with Gasteiger partial charge in [-0.1, -0.05) is 17.2 Å². The third-order valence-corrected chi connectivity index (χ3v) is 6.43. The maximum Gasteiger partial charge on any atom is 0.209 e. The van der Waals surface area contributed by atoms with Gasteiger partial charge in [0.2, 0.25) is 5.79 Å². The van der Waals surface area contributed by atoms with Crippen LogP contribution in [0.4, 0.5) is 0 Å². The number of carbonyl (C=O) groups excluding carboxylic acids is 1. The predicted octanol–water partition coefficient (Wildman–Crippen LogP) is 3.13. The Morgan fingerprint density at radius 3 is 2.65 bits per heavy atom. The topological polar surface area (TPSA) is 96.2 Å². The monoisotopic (exact) mass is 432 g/mol. The van der Waals surface area contributed by atoms with Crippen LogP contribution in [0.2, 0.25) is 0 Å². The molecule has 2 aliphatic heterocycles. The summed E-state index contributed by atoms with van der Waals surface area (Å²) in [6, 6.07) is 0. The summed E-state index contributed by atoms with van der Waals surface area (Å²) in [5.41, 5.74) is 2.51. The van der Waals surface area contributed by atoms with Crippen LogP contribution in [0.1, 0.15) is 60.3 Å². The van der Waals surface area contributed by atoms with Crippen LogP contribution < -0.4 is 0 Å². The minimum atomic E-state index is -1.13. The maximum absolute atomic E-state index is 12.2. The van der Waals surface area contributed by atoms with Crippen molar-refractivity contribution >= 4 is 5.78 Å². The van der Waals surface area contributed by atoms with Gasteiger partial charge in [-0.15, -0.1) is 0 Å². The second kappa shape index (κ2) is 9.12. The highest BCUT2D eigenvalue weighted by molar-refractivity contribution is 5.96. The van der Waals surface area contributed by atoms with Crippen LogP contribution in [-0.2, 0) is 14.3 Å². The number of hydrogen-bond acceptors (Lipinski definition) is 6. The summed E-state index contributed by atoms with van der Waals surface area (Å²) >= 11 is 0. The van der Waals surface area contributed by atoms with Crippen LogP contribution in [-0.4, -0.2) is 57.4 Å². The summed E-state index contributed by atoms with van der Waals surface area (Å²) in [7, 11) is 0. The second-order valence-electron chi connectivity index (χ2n) is 9.84. The fourth-order valence-electron chi connectivity index (χ4n) is 4.55. The molecule has 6 nitrogen and oxygen atoms in total. The van der Waals surface area contributed by atoms with Gasteiger partial charge in [0.05, 0.1) is 30.5 Å². The Bertz CT molecular complexity index is 827. The summed E-state index contributed by atoms with van der Waals surface area (Å²) < 4.78 is 12.8. The molecule has 0 saturated carbocycles. The highest BCUT2D eigenvalue weighted by Crippen LogP contribution is 2.42. The summed E-state index contributed by atoms with van der Waals surface area (Å²) in [5.74, 6) is -1.15. The van der Waals surface area contributed by atoms with Crippen molar-refractivity contribution in [2.75, 3.05) is 6.61 Å². The Hall–Kier alpha value is -1.57. The Morgan fingerprint density at radius 1 is 1.29 bits per heavy atom. The number of fused-ring (bicyclic) bond motifs is 1. The summed E-state index contributed by atoms with van der Waals surface area (Å²) in [4.78, 5) is 12.2. The van der Waals surface area contributed by atoms with Gasteiger partial charge in [-0.3, -0.25) is 4.79 Å². The molecule has 31 heavy (non-hydrogen) atoms. The Labute approximate surface area is 184 Å². The number of rotatable bonds is 6. The van der Waals surface area contributed by atoms with Gasteiger partial charge in [-0.25, -0.2) is 0 Å². The number of aliphatic hydroxyl groups excluding tert-OH is 2. The number of ketones is 1. The molecular formula is C25H36O6. The zero-order valence-electron chi connectivity index (χ0n) is 19.2. The molecule has 0 aromatic rings. The van der Waals surface area contributed by atoms with Crippen molar-refractivity contribution in [3.05, 3.63) is 46.6 Å².